The monoisotopic (exact) mass is 349 g/mol. The van der Waals surface area contributed by atoms with Gasteiger partial charge >= 0.3 is 0 Å². The third-order valence-corrected chi connectivity index (χ3v) is 4.67. The molecule has 0 amide bonds. The first-order valence-corrected chi connectivity index (χ1v) is 8.04. The first-order valence-electron chi connectivity index (χ1n) is 7.66. The molecule has 1 aliphatic rings. The lowest BCUT2D eigenvalue weighted by atomic mass is 9.79. The molecule has 0 aliphatic carbocycles. The number of hydrogen-bond acceptors (Lipinski definition) is 4. The Hall–Kier alpha value is -3.10. The normalized spacial score (nSPS) is 19.1. The molecule has 0 spiro atoms. The van der Waals surface area contributed by atoms with Crippen LogP contribution in [0.1, 0.15) is 17.0 Å². The molecular formula is C19H12ClN3O2. The second-order valence-electron chi connectivity index (χ2n) is 5.84. The Labute approximate surface area is 148 Å². The predicted molar refractivity (Wildman–Crippen MR) is 95.3 cm³/mol. The van der Waals surface area contributed by atoms with E-state index in [9.17, 15) is 10.1 Å². The van der Waals surface area contributed by atoms with Crippen LogP contribution < -0.4 is 10.3 Å². The van der Waals surface area contributed by atoms with Crippen molar-refractivity contribution >= 4 is 28.4 Å². The van der Waals surface area contributed by atoms with E-state index in [4.69, 9.17) is 21.7 Å². The molecule has 1 aromatic heterocycles. The van der Waals surface area contributed by atoms with Gasteiger partial charge in [-0.15, -0.1) is 0 Å². The molecule has 25 heavy (non-hydrogen) atoms. The number of nitrogens with one attached hydrogen (secondary N) is 2. The molecular weight excluding hydrogens is 338 g/mol. The standard InChI is InChI=1S/C19H12ClN3O2/c20-11-7-5-10(6-8-11)15-13(9-21)18(22)25-17-12-3-1-2-4-14(12)23-19(24)16(15)17/h1-8,13,15,22H,(H,23,24). The predicted octanol–water partition coefficient (Wildman–Crippen LogP) is 3.82. The smallest absolute Gasteiger partial charge is 0.256 e. The van der Waals surface area contributed by atoms with Gasteiger partial charge in [0.25, 0.3) is 5.56 Å². The number of nitriles is 1. The molecule has 0 radical (unpaired) electrons. The van der Waals surface area contributed by atoms with E-state index in [1.807, 2.05) is 18.2 Å². The third kappa shape index (κ3) is 2.39. The fourth-order valence-corrected chi connectivity index (χ4v) is 3.40. The molecule has 1 aliphatic heterocycles. The van der Waals surface area contributed by atoms with Gasteiger partial charge in [0.1, 0.15) is 11.7 Å². The zero-order valence-corrected chi connectivity index (χ0v) is 13.7. The molecule has 4 rings (SSSR count). The molecule has 2 unspecified atom stereocenters. The summed E-state index contributed by atoms with van der Waals surface area (Å²) in [6.07, 6.45) is 0. The topological polar surface area (TPSA) is 89.7 Å². The van der Waals surface area contributed by atoms with E-state index < -0.39 is 11.8 Å². The van der Waals surface area contributed by atoms with Crippen LogP contribution in [0.25, 0.3) is 10.9 Å². The van der Waals surface area contributed by atoms with E-state index in [-0.39, 0.29) is 11.5 Å². The van der Waals surface area contributed by atoms with E-state index in [0.29, 0.717) is 27.2 Å². The summed E-state index contributed by atoms with van der Waals surface area (Å²) in [4.78, 5) is 15.6. The van der Waals surface area contributed by atoms with Crippen LogP contribution in [0.2, 0.25) is 5.02 Å². The van der Waals surface area contributed by atoms with Gasteiger partial charge in [-0.2, -0.15) is 5.26 Å². The highest BCUT2D eigenvalue weighted by molar-refractivity contribution is 6.30. The largest absolute Gasteiger partial charge is 0.441 e. The van der Waals surface area contributed by atoms with Crippen molar-refractivity contribution < 1.29 is 4.74 Å². The van der Waals surface area contributed by atoms with Crippen molar-refractivity contribution in [3.05, 3.63) is 75.0 Å². The van der Waals surface area contributed by atoms with Gasteiger partial charge in [-0.05, 0) is 29.8 Å². The van der Waals surface area contributed by atoms with Crippen LogP contribution in [0.15, 0.2) is 53.3 Å². The minimum absolute atomic E-state index is 0.161. The number of halogens is 1. The number of hydrogen-bond donors (Lipinski definition) is 2. The zero-order chi connectivity index (χ0) is 17.6. The van der Waals surface area contributed by atoms with Crippen molar-refractivity contribution in [1.82, 2.24) is 4.98 Å². The fraction of sp³-hybridized carbons (Fsp3) is 0.105. The summed E-state index contributed by atoms with van der Waals surface area (Å²) in [6.45, 7) is 0. The van der Waals surface area contributed by atoms with Crippen LogP contribution in [0.3, 0.4) is 0 Å². The number of ether oxygens (including phenoxy) is 1. The number of H-pyrrole nitrogens is 1. The summed E-state index contributed by atoms with van der Waals surface area (Å²) < 4.78 is 5.62. The Kier molecular flexibility index (Phi) is 3.56. The Morgan fingerprint density at radius 1 is 1.16 bits per heavy atom. The molecule has 0 fully saturated rings. The Morgan fingerprint density at radius 2 is 1.88 bits per heavy atom. The highest BCUT2D eigenvalue weighted by atomic mass is 35.5. The lowest BCUT2D eigenvalue weighted by Crippen LogP contribution is -2.35. The molecule has 2 N–H and O–H groups in total. The maximum absolute atomic E-state index is 12.8. The van der Waals surface area contributed by atoms with Crippen LogP contribution in [-0.2, 0) is 0 Å². The molecule has 2 heterocycles. The number of pyridine rings is 1. The zero-order valence-electron chi connectivity index (χ0n) is 12.9. The first-order chi connectivity index (χ1) is 12.1. The van der Waals surface area contributed by atoms with Crippen LogP contribution in [-0.4, -0.2) is 10.9 Å². The minimum atomic E-state index is -0.879. The Balaban J connectivity index is 2.06. The van der Waals surface area contributed by atoms with Gasteiger partial charge in [-0.1, -0.05) is 35.9 Å². The highest BCUT2D eigenvalue weighted by Gasteiger charge is 2.39. The Bertz CT molecular complexity index is 1100. The number of aromatic amines is 1. The average molecular weight is 350 g/mol. The maximum Gasteiger partial charge on any atom is 0.256 e. The van der Waals surface area contributed by atoms with Crippen LogP contribution >= 0.6 is 11.6 Å². The van der Waals surface area contributed by atoms with Crippen LogP contribution in [0, 0.1) is 22.7 Å². The van der Waals surface area contributed by atoms with Crippen molar-refractivity contribution in [2.24, 2.45) is 5.92 Å². The number of rotatable bonds is 1. The summed E-state index contributed by atoms with van der Waals surface area (Å²) in [5, 5.41) is 19.0. The Morgan fingerprint density at radius 3 is 2.60 bits per heavy atom. The van der Waals surface area contributed by atoms with Gasteiger partial charge in [0.2, 0.25) is 5.90 Å². The number of fused-ring (bicyclic) bond motifs is 3. The lowest BCUT2D eigenvalue weighted by Gasteiger charge is -2.30. The van der Waals surface area contributed by atoms with Gasteiger partial charge in [0, 0.05) is 16.3 Å². The molecule has 3 aromatic rings. The van der Waals surface area contributed by atoms with E-state index in [1.54, 1.807) is 30.3 Å². The second kappa shape index (κ2) is 5.76. The molecule has 6 heteroatoms. The summed E-state index contributed by atoms with van der Waals surface area (Å²) >= 11 is 5.96. The molecule has 2 aromatic carbocycles. The summed E-state index contributed by atoms with van der Waals surface area (Å²) in [5.41, 5.74) is 1.42. The van der Waals surface area contributed by atoms with Crippen molar-refractivity contribution in [1.29, 1.82) is 10.7 Å². The molecule has 0 saturated carbocycles. The first kappa shape index (κ1) is 15.4. The van der Waals surface area contributed by atoms with E-state index in [0.717, 1.165) is 5.56 Å². The SMILES string of the molecule is N#CC1C(=N)Oc2c(c(=O)[nH]c3ccccc23)C1c1ccc(Cl)cc1. The van der Waals surface area contributed by atoms with Crippen molar-refractivity contribution in [2.75, 3.05) is 0 Å². The summed E-state index contributed by atoms with van der Waals surface area (Å²) in [6, 6.07) is 16.3. The molecule has 5 nitrogen and oxygen atoms in total. The summed E-state index contributed by atoms with van der Waals surface area (Å²) in [7, 11) is 0. The van der Waals surface area contributed by atoms with Crippen molar-refractivity contribution in [3.8, 4) is 11.8 Å². The molecule has 2 atom stereocenters. The number of para-hydroxylation sites is 1. The maximum atomic E-state index is 12.8. The molecule has 0 bridgehead atoms. The van der Waals surface area contributed by atoms with Crippen molar-refractivity contribution in [2.45, 2.75) is 5.92 Å². The number of aromatic nitrogens is 1. The van der Waals surface area contributed by atoms with Gasteiger partial charge in [0.05, 0.1) is 17.1 Å². The van der Waals surface area contributed by atoms with Gasteiger partial charge in [0.15, 0.2) is 0 Å². The van der Waals surface area contributed by atoms with E-state index in [2.05, 4.69) is 11.1 Å². The van der Waals surface area contributed by atoms with E-state index in [1.165, 1.54) is 0 Å². The second-order valence-corrected chi connectivity index (χ2v) is 6.28. The van der Waals surface area contributed by atoms with Gasteiger partial charge in [-0.25, -0.2) is 0 Å². The third-order valence-electron chi connectivity index (χ3n) is 4.42. The van der Waals surface area contributed by atoms with Gasteiger partial charge < -0.3 is 9.72 Å². The lowest BCUT2D eigenvalue weighted by molar-refractivity contribution is 0.452. The molecule has 0 saturated heterocycles. The fourth-order valence-electron chi connectivity index (χ4n) is 3.27. The molecule has 122 valence electrons. The number of nitrogens with zero attached hydrogens (tertiary/aromatic N) is 1. The summed E-state index contributed by atoms with van der Waals surface area (Å²) in [5.74, 6) is -1.29. The van der Waals surface area contributed by atoms with E-state index >= 15 is 0 Å². The highest BCUT2D eigenvalue weighted by Crippen LogP contribution is 2.43. The number of benzene rings is 2. The van der Waals surface area contributed by atoms with Crippen LogP contribution in [0.4, 0.5) is 0 Å². The van der Waals surface area contributed by atoms with Crippen LogP contribution in [0.5, 0.6) is 5.75 Å². The van der Waals surface area contributed by atoms with Gasteiger partial charge in [-0.3, -0.25) is 10.2 Å². The average Bonchev–Trinajstić information content (AvgIpc) is 2.61. The minimum Gasteiger partial charge on any atom is -0.441 e. The van der Waals surface area contributed by atoms with Crippen molar-refractivity contribution in [3.63, 3.8) is 0 Å². The quantitative estimate of drug-likeness (QED) is 0.699.